The monoisotopic (exact) mass is 263 g/mol. The van der Waals surface area contributed by atoms with Gasteiger partial charge in [-0.15, -0.1) is 0 Å². The Morgan fingerprint density at radius 1 is 1.22 bits per heavy atom. The van der Waals surface area contributed by atoms with Gasteiger partial charge in [-0.2, -0.15) is 0 Å². The number of hydrogen-bond acceptors (Lipinski definition) is 1. The van der Waals surface area contributed by atoms with Crippen molar-refractivity contribution in [1.82, 2.24) is 0 Å². The Labute approximate surface area is 115 Å². The minimum absolute atomic E-state index is 0.400. The largest absolute Gasteiger partial charge is 0.381 e. The molecule has 2 fully saturated rings. The van der Waals surface area contributed by atoms with Gasteiger partial charge in [0.1, 0.15) is 0 Å². The SMILES string of the molecule is CC1(C)C2CCC1(C)C(Nc1ccccc1Cl)C2. The quantitative estimate of drug-likeness (QED) is 0.795. The molecule has 2 heteroatoms. The standard InChI is InChI=1S/C16H22ClN/c1-15(2)11-8-9-16(15,3)14(10-11)18-13-7-5-4-6-12(13)17/h4-7,11,14,18H,8-10H2,1-3H3. The smallest absolute Gasteiger partial charge is 0.0637 e. The molecule has 0 radical (unpaired) electrons. The van der Waals surface area contributed by atoms with E-state index in [1.807, 2.05) is 12.1 Å². The Hall–Kier alpha value is -0.690. The minimum Gasteiger partial charge on any atom is -0.381 e. The van der Waals surface area contributed by atoms with Crippen LogP contribution in [0.15, 0.2) is 24.3 Å². The normalized spacial score (nSPS) is 36.9. The predicted octanol–water partition coefficient (Wildman–Crippen LogP) is 4.97. The van der Waals surface area contributed by atoms with E-state index in [0.717, 1.165) is 16.6 Å². The molecule has 0 spiro atoms. The average molecular weight is 264 g/mol. The van der Waals surface area contributed by atoms with Gasteiger partial charge in [-0.3, -0.25) is 0 Å². The van der Waals surface area contributed by atoms with Crippen molar-refractivity contribution < 1.29 is 0 Å². The molecule has 18 heavy (non-hydrogen) atoms. The lowest BCUT2D eigenvalue weighted by molar-refractivity contribution is 0.142. The summed E-state index contributed by atoms with van der Waals surface area (Å²) in [5, 5.41) is 4.54. The third-order valence-corrected chi connectivity index (χ3v) is 6.33. The first kappa shape index (κ1) is 12.3. The third-order valence-electron chi connectivity index (χ3n) is 6.00. The van der Waals surface area contributed by atoms with Crippen molar-refractivity contribution in [3.05, 3.63) is 29.3 Å². The molecule has 1 aromatic rings. The number of hydrogen-bond donors (Lipinski definition) is 1. The van der Waals surface area contributed by atoms with Gasteiger partial charge >= 0.3 is 0 Å². The van der Waals surface area contributed by atoms with Crippen molar-refractivity contribution in [2.75, 3.05) is 5.32 Å². The summed E-state index contributed by atoms with van der Waals surface area (Å²) >= 11 is 6.26. The summed E-state index contributed by atoms with van der Waals surface area (Å²) in [7, 11) is 0. The van der Waals surface area contributed by atoms with E-state index in [2.05, 4.69) is 38.2 Å². The number of nitrogens with one attached hydrogen (secondary N) is 1. The van der Waals surface area contributed by atoms with Crippen LogP contribution in [-0.4, -0.2) is 6.04 Å². The van der Waals surface area contributed by atoms with E-state index >= 15 is 0 Å². The van der Waals surface area contributed by atoms with E-state index in [1.165, 1.54) is 19.3 Å². The van der Waals surface area contributed by atoms with Gasteiger partial charge < -0.3 is 5.32 Å². The van der Waals surface area contributed by atoms with Crippen LogP contribution >= 0.6 is 11.6 Å². The van der Waals surface area contributed by atoms with E-state index in [0.29, 0.717) is 16.9 Å². The molecule has 0 aromatic heterocycles. The summed E-state index contributed by atoms with van der Waals surface area (Å²) in [6.45, 7) is 7.34. The molecule has 3 rings (SSSR count). The van der Waals surface area contributed by atoms with Crippen LogP contribution in [0.2, 0.25) is 5.02 Å². The van der Waals surface area contributed by atoms with Gasteiger partial charge in [-0.05, 0) is 48.1 Å². The number of halogens is 1. The number of para-hydroxylation sites is 1. The van der Waals surface area contributed by atoms with E-state index in [-0.39, 0.29) is 0 Å². The fourth-order valence-electron chi connectivity index (χ4n) is 4.19. The molecule has 2 aliphatic rings. The highest BCUT2D eigenvalue weighted by Gasteiger charge is 2.61. The number of fused-ring (bicyclic) bond motifs is 2. The van der Waals surface area contributed by atoms with Gasteiger partial charge in [0, 0.05) is 6.04 Å². The highest BCUT2D eigenvalue weighted by Crippen LogP contribution is 2.65. The summed E-state index contributed by atoms with van der Waals surface area (Å²) < 4.78 is 0. The van der Waals surface area contributed by atoms with Crippen LogP contribution in [-0.2, 0) is 0 Å². The molecule has 3 unspecified atom stereocenters. The van der Waals surface area contributed by atoms with Gasteiger partial charge in [-0.25, -0.2) is 0 Å². The Morgan fingerprint density at radius 2 is 1.94 bits per heavy atom. The van der Waals surface area contributed by atoms with Crippen molar-refractivity contribution >= 4 is 17.3 Å². The fourth-order valence-corrected chi connectivity index (χ4v) is 4.38. The number of benzene rings is 1. The number of rotatable bonds is 2. The second-order valence-electron chi connectivity index (χ2n) is 6.79. The summed E-state index contributed by atoms with van der Waals surface area (Å²) in [4.78, 5) is 0. The molecule has 2 aliphatic carbocycles. The van der Waals surface area contributed by atoms with Crippen LogP contribution < -0.4 is 5.32 Å². The molecule has 1 nitrogen and oxygen atoms in total. The molecule has 3 atom stereocenters. The van der Waals surface area contributed by atoms with Crippen molar-refractivity contribution in [2.45, 2.75) is 46.1 Å². The van der Waals surface area contributed by atoms with E-state index in [4.69, 9.17) is 11.6 Å². The zero-order valence-corrected chi connectivity index (χ0v) is 12.2. The molecule has 1 aromatic carbocycles. The zero-order chi connectivity index (χ0) is 13.0. The van der Waals surface area contributed by atoms with Crippen LogP contribution in [0.25, 0.3) is 0 Å². The van der Waals surface area contributed by atoms with Crippen LogP contribution in [0.1, 0.15) is 40.0 Å². The molecule has 98 valence electrons. The van der Waals surface area contributed by atoms with E-state index in [9.17, 15) is 0 Å². The number of anilines is 1. The van der Waals surface area contributed by atoms with E-state index < -0.39 is 0 Å². The zero-order valence-electron chi connectivity index (χ0n) is 11.5. The summed E-state index contributed by atoms with van der Waals surface area (Å²) in [5.41, 5.74) is 1.94. The third kappa shape index (κ3) is 1.53. The molecule has 0 saturated heterocycles. The van der Waals surface area contributed by atoms with Crippen molar-refractivity contribution in [2.24, 2.45) is 16.7 Å². The first-order valence-corrected chi connectivity index (χ1v) is 7.34. The second kappa shape index (κ2) is 3.90. The predicted molar refractivity (Wildman–Crippen MR) is 78.1 cm³/mol. The van der Waals surface area contributed by atoms with Crippen molar-refractivity contribution in [1.29, 1.82) is 0 Å². The molecule has 1 N–H and O–H groups in total. The highest BCUT2D eigenvalue weighted by molar-refractivity contribution is 6.33. The molecule has 2 bridgehead atoms. The van der Waals surface area contributed by atoms with Crippen LogP contribution in [0.3, 0.4) is 0 Å². The van der Waals surface area contributed by atoms with Gasteiger partial charge in [-0.1, -0.05) is 44.5 Å². The molecule has 0 heterocycles. The topological polar surface area (TPSA) is 12.0 Å². The summed E-state index contributed by atoms with van der Waals surface area (Å²) in [5.74, 6) is 0.863. The maximum absolute atomic E-state index is 6.26. The molecule has 0 aliphatic heterocycles. The average Bonchev–Trinajstić information content (AvgIpc) is 2.65. The first-order valence-electron chi connectivity index (χ1n) is 6.96. The molecule has 2 saturated carbocycles. The lowest BCUT2D eigenvalue weighted by atomic mass is 9.69. The van der Waals surface area contributed by atoms with Crippen LogP contribution in [0.5, 0.6) is 0 Å². The van der Waals surface area contributed by atoms with Crippen molar-refractivity contribution in [3.63, 3.8) is 0 Å². The summed E-state index contributed by atoms with van der Waals surface area (Å²) in [6.07, 6.45) is 4.02. The second-order valence-corrected chi connectivity index (χ2v) is 7.19. The molecule has 0 amide bonds. The van der Waals surface area contributed by atoms with Crippen molar-refractivity contribution in [3.8, 4) is 0 Å². The van der Waals surface area contributed by atoms with Crippen LogP contribution in [0, 0.1) is 16.7 Å². The van der Waals surface area contributed by atoms with Gasteiger partial charge in [0.2, 0.25) is 0 Å². The Balaban J connectivity index is 1.86. The van der Waals surface area contributed by atoms with Gasteiger partial charge in [0.25, 0.3) is 0 Å². The first-order chi connectivity index (χ1) is 8.45. The fraction of sp³-hybridized carbons (Fsp3) is 0.625. The lowest BCUT2D eigenvalue weighted by Gasteiger charge is -2.40. The van der Waals surface area contributed by atoms with E-state index in [1.54, 1.807) is 0 Å². The maximum Gasteiger partial charge on any atom is 0.0637 e. The summed E-state index contributed by atoms with van der Waals surface area (Å²) in [6, 6.07) is 8.65. The Morgan fingerprint density at radius 3 is 2.50 bits per heavy atom. The molecular formula is C16H22ClN. The Bertz CT molecular complexity index is 468. The minimum atomic E-state index is 0.400. The maximum atomic E-state index is 6.26. The van der Waals surface area contributed by atoms with Gasteiger partial charge in [0.05, 0.1) is 10.7 Å². The Kier molecular flexibility index (Phi) is 2.68. The molecular weight excluding hydrogens is 242 g/mol. The van der Waals surface area contributed by atoms with Crippen LogP contribution in [0.4, 0.5) is 5.69 Å². The lowest BCUT2D eigenvalue weighted by Crippen LogP contribution is -2.40. The van der Waals surface area contributed by atoms with Gasteiger partial charge in [0.15, 0.2) is 0 Å². The highest BCUT2D eigenvalue weighted by atomic mass is 35.5.